The van der Waals surface area contributed by atoms with Crippen LogP contribution < -0.4 is 5.48 Å². The highest BCUT2D eigenvalue weighted by Gasteiger charge is 2.18. The van der Waals surface area contributed by atoms with Crippen LogP contribution in [0.1, 0.15) is 17.0 Å². The van der Waals surface area contributed by atoms with Crippen LogP contribution in [0.2, 0.25) is 0 Å². The summed E-state index contributed by atoms with van der Waals surface area (Å²) >= 11 is 3.07. The van der Waals surface area contributed by atoms with Gasteiger partial charge in [-0.1, -0.05) is 17.3 Å². The number of rotatable bonds is 6. The molecule has 10 heteroatoms. The van der Waals surface area contributed by atoms with E-state index in [1.54, 1.807) is 24.3 Å². The van der Waals surface area contributed by atoms with Crippen molar-refractivity contribution in [2.75, 3.05) is 0 Å². The SMILES string of the molecule is N=C(Cc1ccc(O)cc1)Cc1nonc1C(=Nc1ccc(F)c(Br)c1)NO. The van der Waals surface area contributed by atoms with Gasteiger partial charge in [-0.15, -0.1) is 0 Å². The Morgan fingerprint density at radius 2 is 1.93 bits per heavy atom. The molecule has 0 unspecified atom stereocenters. The van der Waals surface area contributed by atoms with Crippen LogP contribution in [0.25, 0.3) is 0 Å². The number of amidine groups is 1. The van der Waals surface area contributed by atoms with Gasteiger partial charge in [-0.3, -0.25) is 10.7 Å². The molecule has 3 rings (SSSR count). The van der Waals surface area contributed by atoms with Gasteiger partial charge in [0.25, 0.3) is 0 Å². The standard InChI is InChI=1S/C18H15BrFN5O3/c19-14-9-12(3-6-15(14)20)22-18(23-27)17-16(24-28-25-17)8-11(21)7-10-1-4-13(26)5-2-10/h1-6,9,21,26-27H,7-8H2,(H,22,23). The minimum absolute atomic E-state index is 0.0489. The van der Waals surface area contributed by atoms with E-state index in [2.05, 4.69) is 31.2 Å². The molecule has 3 aromatic rings. The fraction of sp³-hybridized carbons (Fsp3) is 0.111. The number of phenols is 1. The summed E-state index contributed by atoms with van der Waals surface area (Å²) in [5.41, 5.74) is 3.92. The molecule has 0 saturated carbocycles. The predicted octanol–water partition coefficient (Wildman–Crippen LogP) is 3.54. The number of hydrogen-bond acceptors (Lipinski definition) is 7. The molecule has 0 atom stereocenters. The number of nitrogens with one attached hydrogen (secondary N) is 2. The average Bonchev–Trinajstić information content (AvgIpc) is 3.12. The third kappa shape index (κ3) is 4.78. The highest BCUT2D eigenvalue weighted by molar-refractivity contribution is 9.10. The van der Waals surface area contributed by atoms with Crippen molar-refractivity contribution in [3.8, 4) is 5.75 Å². The molecule has 1 aromatic heterocycles. The Hall–Kier alpha value is -3.11. The number of aromatic hydroxyl groups is 1. The van der Waals surface area contributed by atoms with Gasteiger partial charge in [-0.25, -0.2) is 14.0 Å². The number of aromatic nitrogens is 2. The van der Waals surface area contributed by atoms with Gasteiger partial charge in [-0.05, 0) is 57.0 Å². The number of nitrogens with zero attached hydrogens (tertiary/aromatic N) is 3. The lowest BCUT2D eigenvalue weighted by molar-refractivity contribution is 0.234. The Morgan fingerprint density at radius 1 is 1.18 bits per heavy atom. The molecule has 4 N–H and O–H groups in total. The highest BCUT2D eigenvalue weighted by Crippen LogP contribution is 2.23. The van der Waals surface area contributed by atoms with Gasteiger partial charge in [-0.2, -0.15) is 0 Å². The minimum atomic E-state index is -0.441. The Morgan fingerprint density at radius 3 is 2.61 bits per heavy atom. The van der Waals surface area contributed by atoms with E-state index in [1.165, 1.54) is 18.2 Å². The zero-order valence-electron chi connectivity index (χ0n) is 14.4. The summed E-state index contributed by atoms with van der Waals surface area (Å²) < 4.78 is 18.3. The largest absolute Gasteiger partial charge is 0.508 e. The fourth-order valence-electron chi connectivity index (χ4n) is 2.44. The number of aliphatic imine (C=N–C) groups is 1. The maximum atomic E-state index is 13.4. The molecule has 0 saturated heterocycles. The van der Waals surface area contributed by atoms with Gasteiger partial charge in [0.1, 0.15) is 17.3 Å². The number of phenolic OH excluding ortho intramolecular Hbond substituents is 1. The predicted molar refractivity (Wildman–Crippen MR) is 103 cm³/mol. The molecule has 0 spiro atoms. The summed E-state index contributed by atoms with van der Waals surface area (Å²) in [5.74, 6) is -0.336. The first-order valence-corrected chi connectivity index (χ1v) is 8.85. The molecule has 0 aliphatic heterocycles. The first-order valence-electron chi connectivity index (χ1n) is 8.06. The molecule has 0 fully saturated rings. The van der Waals surface area contributed by atoms with Crippen molar-refractivity contribution in [3.63, 3.8) is 0 Å². The number of hydrogen-bond donors (Lipinski definition) is 4. The molecule has 8 nitrogen and oxygen atoms in total. The molecule has 0 radical (unpaired) electrons. The molecular formula is C18H15BrFN5O3. The summed E-state index contributed by atoms with van der Waals surface area (Å²) in [6, 6.07) is 10.6. The van der Waals surface area contributed by atoms with Crippen LogP contribution in [0.15, 0.2) is 56.6 Å². The second-order valence-corrected chi connectivity index (χ2v) is 6.71. The normalized spacial score (nSPS) is 11.5. The molecule has 0 aliphatic carbocycles. The van der Waals surface area contributed by atoms with Crippen molar-refractivity contribution in [3.05, 3.63) is 69.7 Å². The highest BCUT2D eigenvalue weighted by atomic mass is 79.9. The Bertz CT molecular complexity index is 1020. The summed E-state index contributed by atoms with van der Waals surface area (Å²) in [6.45, 7) is 0. The van der Waals surface area contributed by atoms with Crippen molar-refractivity contribution in [2.45, 2.75) is 12.8 Å². The minimum Gasteiger partial charge on any atom is -0.508 e. The molecule has 2 aromatic carbocycles. The van der Waals surface area contributed by atoms with Crippen LogP contribution in [0, 0.1) is 11.2 Å². The smallest absolute Gasteiger partial charge is 0.182 e. The van der Waals surface area contributed by atoms with Crippen LogP contribution >= 0.6 is 15.9 Å². The van der Waals surface area contributed by atoms with E-state index >= 15 is 0 Å². The molecular weight excluding hydrogens is 433 g/mol. The summed E-state index contributed by atoms with van der Waals surface area (Å²) in [4.78, 5) is 4.18. The maximum absolute atomic E-state index is 13.4. The van der Waals surface area contributed by atoms with Crippen molar-refractivity contribution in [1.29, 1.82) is 5.41 Å². The Labute approximate surface area is 167 Å². The maximum Gasteiger partial charge on any atom is 0.182 e. The Balaban J connectivity index is 1.79. The van der Waals surface area contributed by atoms with Crippen LogP contribution in [0.5, 0.6) is 5.75 Å². The molecule has 144 valence electrons. The fourth-order valence-corrected chi connectivity index (χ4v) is 2.81. The van der Waals surface area contributed by atoms with Gasteiger partial charge >= 0.3 is 0 Å². The van der Waals surface area contributed by atoms with Gasteiger partial charge in [0.05, 0.1) is 10.2 Å². The average molecular weight is 448 g/mol. The van der Waals surface area contributed by atoms with E-state index in [1.807, 2.05) is 5.48 Å². The lowest BCUT2D eigenvalue weighted by atomic mass is 10.0. The lowest BCUT2D eigenvalue weighted by Crippen LogP contribution is -2.22. The Kier molecular flexibility index (Phi) is 6.12. The van der Waals surface area contributed by atoms with Gasteiger partial charge in [0.15, 0.2) is 11.5 Å². The van der Waals surface area contributed by atoms with Crippen LogP contribution in [0.3, 0.4) is 0 Å². The van der Waals surface area contributed by atoms with E-state index < -0.39 is 5.82 Å². The zero-order chi connectivity index (χ0) is 20.1. The van der Waals surface area contributed by atoms with Crippen LogP contribution in [-0.2, 0) is 12.8 Å². The van der Waals surface area contributed by atoms with Crippen LogP contribution in [-0.4, -0.2) is 32.2 Å². The zero-order valence-corrected chi connectivity index (χ0v) is 15.9. The lowest BCUT2D eigenvalue weighted by Gasteiger charge is -2.05. The topological polar surface area (TPSA) is 128 Å². The third-order valence-electron chi connectivity index (χ3n) is 3.77. The quantitative estimate of drug-likeness (QED) is 0.260. The first kappa shape index (κ1) is 19.6. The van der Waals surface area contributed by atoms with Crippen molar-refractivity contribution >= 4 is 33.2 Å². The van der Waals surface area contributed by atoms with Crippen LogP contribution in [0.4, 0.5) is 10.1 Å². The van der Waals surface area contributed by atoms with Crippen molar-refractivity contribution < 1.29 is 19.3 Å². The van der Waals surface area contributed by atoms with Crippen molar-refractivity contribution in [2.24, 2.45) is 4.99 Å². The number of halogens is 2. The number of hydroxylamine groups is 1. The first-order chi connectivity index (χ1) is 13.5. The van der Waals surface area contributed by atoms with Gasteiger partial charge in [0.2, 0.25) is 0 Å². The van der Waals surface area contributed by atoms with E-state index in [-0.39, 0.29) is 28.2 Å². The summed E-state index contributed by atoms with van der Waals surface area (Å²) in [6.07, 6.45) is 0.462. The second-order valence-electron chi connectivity index (χ2n) is 5.85. The van der Waals surface area contributed by atoms with E-state index in [9.17, 15) is 14.7 Å². The van der Waals surface area contributed by atoms with Crippen molar-refractivity contribution in [1.82, 2.24) is 15.8 Å². The molecule has 0 bridgehead atoms. The van der Waals surface area contributed by atoms with E-state index in [0.29, 0.717) is 23.5 Å². The third-order valence-corrected chi connectivity index (χ3v) is 4.37. The number of benzene rings is 2. The molecule has 0 amide bonds. The second kappa shape index (κ2) is 8.72. The molecule has 1 heterocycles. The monoisotopic (exact) mass is 447 g/mol. The van der Waals surface area contributed by atoms with Gasteiger partial charge in [0, 0.05) is 18.6 Å². The molecule has 28 heavy (non-hydrogen) atoms. The van der Waals surface area contributed by atoms with Gasteiger partial charge < -0.3 is 10.5 Å². The van der Waals surface area contributed by atoms with E-state index in [4.69, 9.17) is 10.0 Å². The van der Waals surface area contributed by atoms with E-state index in [0.717, 1.165) is 5.56 Å². The summed E-state index contributed by atoms with van der Waals surface area (Å²) in [5, 5.41) is 34.5. The summed E-state index contributed by atoms with van der Waals surface area (Å²) in [7, 11) is 0. The molecule has 0 aliphatic rings.